The van der Waals surface area contributed by atoms with E-state index in [2.05, 4.69) is 0 Å². The summed E-state index contributed by atoms with van der Waals surface area (Å²) in [6.07, 6.45) is -3.95. The molecule has 0 bridgehead atoms. The van der Waals surface area contributed by atoms with E-state index in [9.17, 15) is 15.0 Å². The van der Waals surface area contributed by atoms with Crippen molar-refractivity contribution in [3.05, 3.63) is 0 Å². The van der Waals surface area contributed by atoms with Gasteiger partial charge in [-0.3, -0.25) is 4.79 Å². The average molecular weight is 263 g/mol. The first kappa shape index (κ1) is 15.3. The third-order valence-corrected chi connectivity index (χ3v) is 2.73. The highest BCUT2D eigenvalue weighted by Gasteiger charge is 2.42. The van der Waals surface area contributed by atoms with E-state index in [1.54, 1.807) is 0 Å². The molecule has 0 radical (unpaired) electrons. The van der Waals surface area contributed by atoms with Crippen molar-refractivity contribution in [2.45, 2.75) is 37.4 Å². The molecule has 7 heteroatoms. The van der Waals surface area contributed by atoms with E-state index >= 15 is 0 Å². The molecule has 0 aromatic rings. The third kappa shape index (κ3) is 4.51. The Morgan fingerprint density at radius 3 is 2.44 bits per heavy atom. The van der Waals surface area contributed by atoms with Gasteiger partial charge in [0.05, 0.1) is 0 Å². The van der Waals surface area contributed by atoms with Crippen LogP contribution in [0, 0.1) is 0 Å². The second kappa shape index (κ2) is 7.01. The zero-order valence-electron chi connectivity index (χ0n) is 10.7. The van der Waals surface area contributed by atoms with Gasteiger partial charge in [0.2, 0.25) is 0 Å². The van der Waals surface area contributed by atoms with E-state index in [0.29, 0.717) is 6.42 Å². The van der Waals surface area contributed by atoms with Crippen LogP contribution < -0.4 is 0 Å². The van der Waals surface area contributed by atoms with Crippen LogP contribution in [0.25, 0.3) is 0 Å². The van der Waals surface area contributed by atoms with Crippen molar-refractivity contribution >= 4 is 5.97 Å². The van der Waals surface area contributed by atoms with E-state index in [0.717, 1.165) is 6.54 Å². The standard InChI is InChI=1S/C11H21NO6/c1-12(2)5-3-4-8(13)17-6-7-9(14)10(15)11(16)18-7/h7,9-11,14-16H,3-6H2,1-2H3/t7-,9+,10-,11+/m1/s1. The molecule has 0 aliphatic carbocycles. The quantitative estimate of drug-likeness (QED) is 0.492. The van der Waals surface area contributed by atoms with Crippen molar-refractivity contribution in [1.29, 1.82) is 0 Å². The van der Waals surface area contributed by atoms with Gasteiger partial charge in [0.1, 0.15) is 24.9 Å². The van der Waals surface area contributed by atoms with Crippen LogP contribution in [0.1, 0.15) is 12.8 Å². The van der Waals surface area contributed by atoms with Crippen LogP contribution in [0.2, 0.25) is 0 Å². The van der Waals surface area contributed by atoms with Gasteiger partial charge in [-0.05, 0) is 27.1 Å². The minimum atomic E-state index is -1.43. The fourth-order valence-electron chi connectivity index (χ4n) is 1.65. The summed E-state index contributed by atoms with van der Waals surface area (Å²) in [7, 11) is 3.83. The summed E-state index contributed by atoms with van der Waals surface area (Å²) < 4.78 is 9.76. The molecule has 0 unspecified atom stereocenters. The highest BCUT2D eigenvalue weighted by Crippen LogP contribution is 2.19. The highest BCUT2D eigenvalue weighted by molar-refractivity contribution is 5.69. The maximum absolute atomic E-state index is 11.3. The van der Waals surface area contributed by atoms with Crippen LogP contribution in [-0.4, -0.2) is 78.0 Å². The monoisotopic (exact) mass is 263 g/mol. The van der Waals surface area contributed by atoms with Gasteiger partial charge in [-0.2, -0.15) is 0 Å². The molecule has 18 heavy (non-hydrogen) atoms. The maximum Gasteiger partial charge on any atom is 0.305 e. The van der Waals surface area contributed by atoms with Crippen LogP contribution in [0.5, 0.6) is 0 Å². The molecule has 3 N–H and O–H groups in total. The van der Waals surface area contributed by atoms with Crippen LogP contribution >= 0.6 is 0 Å². The normalized spacial score (nSPS) is 31.9. The number of hydrogen-bond acceptors (Lipinski definition) is 7. The molecule has 1 aliphatic rings. The fraction of sp³-hybridized carbons (Fsp3) is 0.909. The summed E-state index contributed by atoms with van der Waals surface area (Å²) in [4.78, 5) is 13.3. The SMILES string of the molecule is CN(C)CCCC(=O)OC[C@H]1O[C@H](O)[C@H](O)[C@H]1O. The average Bonchev–Trinajstić information content (AvgIpc) is 2.54. The number of carbonyl (C=O) groups is 1. The van der Waals surface area contributed by atoms with Crippen molar-refractivity contribution in [2.75, 3.05) is 27.2 Å². The number of nitrogens with zero attached hydrogens (tertiary/aromatic N) is 1. The first-order valence-electron chi connectivity index (χ1n) is 5.92. The lowest BCUT2D eigenvalue weighted by Crippen LogP contribution is -2.34. The number of hydrogen-bond donors (Lipinski definition) is 3. The van der Waals surface area contributed by atoms with E-state index < -0.39 is 24.6 Å². The van der Waals surface area contributed by atoms with E-state index in [-0.39, 0.29) is 19.0 Å². The fourth-order valence-corrected chi connectivity index (χ4v) is 1.65. The van der Waals surface area contributed by atoms with Crippen molar-refractivity contribution in [3.8, 4) is 0 Å². The van der Waals surface area contributed by atoms with Crippen molar-refractivity contribution < 1.29 is 29.6 Å². The number of carbonyl (C=O) groups excluding carboxylic acids is 1. The Morgan fingerprint density at radius 1 is 1.28 bits per heavy atom. The molecule has 0 saturated carbocycles. The summed E-state index contributed by atoms with van der Waals surface area (Å²) in [6, 6.07) is 0. The Bertz CT molecular complexity index is 272. The van der Waals surface area contributed by atoms with Crippen LogP contribution in [0.15, 0.2) is 0 Å². The molecular formula is C11H21NO6. The van der Waals surface area contributed by atoms with Gasteiger partial charge in [-0.1, -0.05) is 0 Å². The summed E-state index contributed by atoms with van der Waals surface area (Å²) >= 11 is 0. The second-order valence-electron chi connectivity index (χ2n) is 4.64. The second-order valence-corrected chi connectivity index (χ2v) is 4.64. The predicted molar refractivity (Wildman–Crippen MR) is 61.6 cm³/mol. The number of esters is 1. The molecule has 1 aliphatic heterocycles. The Morgan fingerprint density at radius 2 is 1.94 bits per heavy atom. The van der Waals surface area contributed by atoms with E-state index in [1.807, 2.05) is 19.0 Å². The van der Waals surface area contributed by atoms with Gasteiger partial charge in [0.25, 0.3) is 0 Å². The van der Waals surface area contributed by atoms with Crippen molar-refractivity contribution in [1.82, 2.24) is 4.90 Å². The molecule has 106 valence electrons. The summed E-state index contributed by atoms with van der Waals surface area (Å²) in [5.41, 5.74) is 0. The Labute approximate surface area is 106 Å². The Hall–Kier alpha value is -0.730. The molecule has 0 spiro atoms. The Balaban J connectivity index is 2.19. The van der Waals surface area contributed by atoms with Gasteiger partial charge < -0.3 is 29.7 Å². The molecule has 1 fully saturated rings. The molecule has 1 saturated heterocycles. The first-order chi connectivity index (χ1) is 8.41. The van der Waals surface area contributed by atoms with E-state index in [1.165, 1.54) is 0 Å². The van der Waals surface area contributed by atoms with Crippen LogP contribution in [-0.2, 0) is 14.3 Å². The summed E-state index contributed by atoms with van der Waals surface area (Å²) in [5.74, 6) is -0.386. The molecule has 0 aromatic carbocycles. The van der Waals surface area contributed by atoms with Gasteiger partial charge in [0, 0.05) is 6.42 Å². The molecular weight excluding hydrogens is 242 g/mol. The molecule has 7 nitrogen and oxygen atoms in total. The van der Waals surface area contributed by atoms with Crippen molar-refractivity contribution in [2.24, 2.45) is 0 Å². The highest BCUT2D eigenvalue weighted by atomic mass is 16.7. The zero-order valence-corrected chi connectivity index (χ0v) is 10.7. The first-order valence-corrected chi connectivity index (χ1v) is 5.92. The molecule has 0 amide bonds. The topological polar surface area (TPSA) is 99.5 Å². The van der Waals surface area contributed by atoms with Crippen molar-refractivity contribution in [3.63, 3.8) is 0 Å². The number of rotatable bonds is 6. The lowest BCUT2D eigenvalue weighted by atomic mass is 10.1. The summed E-state index contributed by atoms with van der Waals surface area (Å²) in [5, 5.41) is 27.8. The third-order valence-electron chi connectivity index (χ3n) is 2.73. The zero-order chi connectivity index (χ0) is 13.7. The number of ether oxygens (including phenoxy) is 2. The molecule has 1 rings (SSSR count). The van der Waals surface area contributed by atoms with Crippen LogP contribution in [0.4, 0.5) is 0 Å². The Kier molecular flexibility index (Phi) is 5.97. The molecule has 1 heterocycles. The smallest absolute Gasteiger partial charge is 0.305 e. The number of aliphatic hydroxyl groups is 3. The lowest BCUT2D eigenvalue weighted by Gasteiger charge is -2.14. The minimum Gasteiger partial charge on any atom is -0.463 e. The molecule has 0 aromatic heterocycles. The minimum absolute atomic E-state index is 0.171. The predicted octanol–water partition coefficient (Wildman–Crippen LogP) is -1.69. The number of aliphatic hydroxyl groups excluding tert-OH is 3. The van der Waals surface area contributed by atoms with Gasteiger partial charge in [0.15, 0.2) is 6.29 Å². The largest absolute Gasteiger partial charge is 0.463 e. The lowest BCUT2D eigenvalue weighted by molar-refractivity contribution is -0.157. The van der Waals surface area contributed by atoms with E-state index in [4.69, 9.17) is 14.6 Å². The maximum atomic E-state index is 11.3. The summed E-state index contributed by atoms with van der Waals surface area (Å²) in [6.45, 7) is 0.616. The van der Waals surface area contributed by atoms with Gasteiger partial charge in [-0.15, -0.1) is 0 Å². The molecule has 4 atom stereocenters. The van der Waals surface area contributed by atoms with Gasteiger partial charge in [-0.25, -0.2) is 0 Å². The van der Waals surface area contributed by atoms with Gasteiger partial charge >= 0.3 is 5.97 Å². The van der Waals surface area contributed by atoms with Crippen LogP contribution in [0.3, 0.4) is 0 Å².